The second kappa shape index (κ2) is 13.1. The summed E-state index contributed by atoms with van der Waals surface area (Å²) < 4.78 is 70.4. The van der Waals surface area contributed by atoms with E-state index in [0.29, 0.717) is 24.1 Å². The average molecular weight is 549 g/mol. The molecule has 0 N–H and O–H groups in total. The number of ether oxygens (including phenoxy) is 1. The Morgan fingerprint density at radius 3 is 2.00 bits per heavy atom. The van der Waals surface area contributed by atoms with Crippen molar-refractivity contribution in [2.45, 2.75) is 89.6 Å². The zero-order valence-electron chi connectivity index (χ0n) is 22.4. The van der Waals surface area contributed by atoms with Gasteiger partial charge in [-0.3, -0.25) is 0 Å². The highest BCUT2D eigenvalue weighted by Gasteiger charge is 2.31. The third kappa shape index (κ3) is 8.15. The van der Waals surface area contributed by atoms with Crippen LogP contribution in [0.1, 0.15) is 105 Å². The van der Waals surface area contributed by atoms with E-state index in [2.05, 4.69) is 6.92 Å². The minimum Gasteiger partial charge on any atom is -0.423 e. The molecule has 0 bridgehead atoms. The number of unbranched alkanes of at least 4 members (excludes halogenated alkanes) is 1. The molecule has 0 radical (unpaired) electrons. The number of benzene rings is 2. The molecule has 0 saturated heterocycles. The van der Waals surface area contributed by atoms with Crippen LogP contribution < -0.4 is 4.74 Å². The molecule has 0 aromatic heterocycles. The van der Waals surface area contributed by atoms with Crippen LogP contribution in [-0.4, -0.2) is 12.1 Å². The number of carbonyl (C=O) groups excluding carboxylic acids is 1. The molecule has 2 aliphatic carbocycles. The summed E-state index contributed by atoms with van der Waals surface area (Å²) in [5.74, 6) is -0.655. The number of carbonyl (C=O) groups is 1. The summed E-state index contributed by atoms with van der Waals surface area (Å²) in [7, 11) is 0. The lowest BCUT2D eigenvalue weighted by atomic mass is 9.68. The van der Waals surface area contributed by atoms with Crippen LogP contribution in [0.3, 0.4) is 0 Å². The normalized spacial score (nSPS) is 24.2. The molecule has 2 aliphatic rings. The van der Waals surface area contributed by atoms with Crippen molar-refractivity contribution in [3.8, 4) is 5.75 Å². The van der Waals surface area contributed by atoms with Crippen LogP contribution >= 0.6 is 0 Å². The maximum atomic E-state index is 14.2. The van der Waals surface area contributed by atoms with E-state index >= 15 is 0 Å². The SMILES string of the molecule is CCCCC1CCC(C2CCC(c3ccc(C(=O)Oc4cc(F)c(C=CC(F)(F)F)c(F)c4)cc3)CC2)CC1. The average Bonchev–Trinajstić information content (AvgIpc) is 2.91. The van der Waals surface area contributed by atoms with E-state index in [-0.39, 0.29) is 11.6 Å². The van der Waals surface area contributed by atoms with Gasteiger partial charge in [0.15, 0.2) is 0 Å². The molecule has 2 saturated carbocycles. The molecule has 0 heterocycles. The fourth-order valence-corrected chi connectivity index (χ4v) is 6.38. The number of alkyl halides is 3. The largest absolute Gasteiger partial charge is 0.423 e. The second-order valence-electron chi connectivity index (χ2n) is 11.2. The van der Waals surface area contributed by atoms with Crippen molar-refractivity contribution in [1.82, 2.24) is 0 Å². The van der Waals surface area contributed by atoms with Gasteiger partial charge < -0.3 is 4.74 Å². The van der Waals surface area contributed by atoms with Gasteiger partial charge in [-0.05, 0) is 86.0 Å². The van der Waals surface area contributed by atoms with Crippen LogP contribution in [-0.2, 0) is 0 Å². The summed E-state index contributed by atoms with van der Waals surface area (Å²) in [5.41, 5.74) is 0.547. The van der Waals surface area contributed by atoms with Gasteiger partial charge >= 0.3 is 12.1 Å². The van der Waals surface area contributed by atoms with Crippen molar-refractivity contribution < 1.29 is 31.5 Å². The van der Waals surface area contributed by atoms with Gasteiger partial charge in [-0.2, -0.15) is 13.2 Å². The minimum absolute atomic E-state index is 0.231. The predicted octanol–water partition coefficient (Wildman–Crippen LogP) is 10.0. The van der Waals surface area contributed by atoms with Crippen LogP contribution in [0.25, 0.3) is 6.08 Å². The van der Waals surface area contributed by atoms with Crippen molar-refractivity contribution >= 4 is 12.0 Å². The molecular formula is C32H37F5O2. The number of hydrogen-bond acceptors (Lipinski definition) is 2. The molecule has 0 amide bonds. The summed E-state index contributed by atoms with van der Waals surface area (Å²) in [6.45, 7) is 2.27. The Labute approximate surface area is 227 Å². The van der Waals surface area contributed by atoms with Crippen molar-refractivity contribution in [2.75, 3.05) is 0 Å². The Balaban J connectivity index is 1.28. The molecule has 39 heavy (non-hydrogen) atoms. The fourth-order valence-electron chi connectivity index (χ4n) is 6.38. The Morgan fingerprint density at radius 1 is 0.897 bits per heavy atom. The molecule has 212 valence electrons. The van der Waals surface area contributed by atoms with Crippen LogP contribution in [0, 0.1) is 29.4 Å². The van der Waals surface area contributed by atoms with Crippen molar-refractivity contribution in [1.29, 1.82) is 0 Å². The summed E-state index contributed by atoms with van der Waals surface area (Å²) in [5, 5.41) is 0. The quantitative estimate of drug-likeness (QED) is 0.186. The number of rotatable bonds is 8. The van der Waals surface area contributed by atoms with Crippen LogP contribution in [0.5, 0.6) is 5.75 Å². The van der Waals surface area contributed by atoms with E-state index in [1.54, 1.807) is 12.1 Å². The topological polar surface area (TPSA) is 26.3 Å². The molecule has 0 atom stereocenters. The molecule has 4 rings (SSSR count). The molecule has 0 unspecified atom stereocenters. The maximum Gasteiger partial charge on any atom is 0.409 e. The first kappa shape index (κ1) is 29.3. The molecule has 7 heteroatoms. The monoisotopic (exact) mass is 548 g/mol. The van der Waals surface area contributed by atoms with Gasteiger partial charge in [-0.25, -0.2) is 13.6 Å². The third-order valence-corrected chi connectivity index (χ3v) is 8.62. The van der Waals surface area contributed by atoms with Crippen molar-refractivity contribution in [3.05, 3.63) is 70.8 Å². The molecule has 2 nitrogen and oxygen atoms in total. The van der Waals surface area contributed by atoms with Gasteiger partial charge in [0.1, 0.15) is 17.4 Å². The standard InChI is InChI=1S/C32H37F5O2/c1-2-3-4-21-5-7-22(8-6-21)23-9-11-24(12-10-23)25-13-15-26(16-14-25)31(38)39-27-19-29(33)28(30(34)20-27)17-18-32(35,36)37/h13-24H,2-12H2,1H3. The van der Waals surface area contributed by atoms with E-state index in [9.17, 15) is 26.7 Å². The van der Waals surface area contributed by atoms with E-state index in [1.165, 1.54) is 63.4 Å². The van der Waals surface area contributed by atoms with Crippen molar-refractivity contribution in [2.24, 2.45) is 17.8 Å². The lowest BCUT2D eigenvalue weighted by Gasteiger charge is -2.38. The molecular weight excluding hydrogens is 511 g/mol. The molecule has 2 aromatic carbocycles. The van der Waals surface area contributed by atoms with E-state index in [0.717, 1.165) is 30.6 Å². The van der Waals surface area contributed by atoms with Crippen LogP contribution in [0.4, 0.5) is 22.0 Å². The molecule has 2 fully saturated rings. The highest BCUT2D eigenvalue weighted by atomic mass is 19.4. The number of esters is 1. The van der Waals surface area contributed by atoms with Crippen molar-refractivity contribution in [3.63, 3.8) is 0 Å². The minimum atomic E-state index is -4.71. The Morgan fingerprint density at radius 2 is 1.46 bits per heavy atom. The molecule has 0 spiro atoms. The predicted molar refractivity (Wildman–Crippen MR) is 143 cm³/mol. The zero-order chi connectivity index (χ0) is 28.0. The maximum absolute atomic E-state index is 14.2. The summed E-state index contributed by atoms with van der Waals surface area (Å²) in [6, 6.07) is 8.51. The first-order valence-electron chi connectivity index (χ1n) is 14.2. The third-order valence-electron chi connectivity index (χ3n) is 8.62. The smallest absolute Gasteiger partial charge is 0.409 e. The Kier molecular flexibility index (Phi) is 9.84. The highest BCUT2D eigenvalue weighted by molar-refractivity contribution is 5.91. The molecule has 2 aromatic rings. The van der Waals surface area contributed by atoms with E-state index in [4.69, 9.17) is 4.74 Å². The highest BCUT2D eigenvalue weighted by Crippen LogP contribution is 2.44. The van der Waals surface area contributed by atoms with Gasteiger partial charge in [-0.1, -0.05) is 51.2 Å². The summed E-state index contributed by atoms with van der Waals surface area (Å²) >= 11 is 0. The van der Waals surface area contributed by atoms with Gasteiger partial charge in [0.2, 0.25) is 0 Å². The Hall–Kier alpha value is -2.70. The first-order chi connectivity index (χ1) is 18.6. The fraction of sp³-hybridized carbons (Fsp3) is 0.531. The van der Waals surface area contributed by atoms with Crippen LogP contribution in [0.15, 0.2) is 42.5 Å². The van der Waals surface area contributed by atoms with Gasteiger partial charge in [0.05, 0.1) is 5.56 Å². The summed E-state index contributed by atoms with van der Waals surface area (Å²) in [4.78, 5) is 12.5. The molecule has 0 aliphatic heterocycles. The summed E-state index contributed by atoms with van der Waals surface area (Å²) in [6.07, 6.45) is 9.66. The van der Waals surface area contributed by atoms with Gasteiger partial charge in [0, 0.05) is 23.8 Å². The lowest BCUT2D eigenvalue weighted by molar-refractivity contribution is -0.0790. The second-order valence-corrected chi connectivity index (χ2v) is 11.2. The van der Waals surface area contributed by atoms with Crippen LogP contribution in [0.2, 0.25) is 0 Å². The van der Waals surface area contributed by atoms with Gasteiger partial charge in [-0.15, -0.1) is 0 Å². The van der Waals surface area contributed by atoms with E-state index < -0.39 is 35.1 Å². The van der Waals surface area contributed by atoms with Gasteiger partial charge in [0.25, 0.3) is 0 Å². The zero-order valence-corrected chi connectivity index (χ0v) is 22.4. The number of hydrogen-bond donors (Lipinski definition) is 0. The number of halogens is 5. The Bertz CT molecular complexity index is 1100. The number of allylic oxidation sites excluding steroid dienone is 1. The lowest BCUT2D eigenvalue weighted by Crippen LogP contribution is -2.25. The first-order valence-corrected chi connectivity index (χ1v) is 14.2. The van der Waals surface area contributed by atoms with E-state index in [1.807, 2.05) is 12.1 Å².